The average molecular weight is 368 g/mol. The lowest BCUT2D eigenvalue weighted by Crippen LogP contribution is -2.48. The van der Waals surface area contributed by atoms with Crippen LogP contribution < -0.4 is 0 Å². The number of hydrogen-bond acceptors (Lipinski definition) is 5. The number of nitriles is 1. The van der Waals surface area contributed by atoms with Gasteiger partial charge in [0, 0.05) is 5.56 Å². The Morgan fingerprint density at radius 2 is 2.17 bits per heavy atom. The molecule has 126 valence electrons. The molecule has 1 atom stereocenters. The summed E-state index contributed by atoms with van der Waals surface area (Å²) in [6.07, 6.45) is 1.73. The van der Waals surface area contributed by atoms with Crippen LogP contribution in [0.5, 0.6) is 0 Å². The highest BCUT2D eigenvalue weighted by Gasteiger charge is 2.49. The number of carbonyl (C=O) groups excluding carboxylic acids is 1. The second-order valence-electron chi connectivity index (χ2n) is 5.39. The van der Waals surface area contributed by atoms with Crippen LogP contribution in [0.3, 0.4) is 0 Å². The van der Waals surface area contributed by atoms with E-state index in [1.165, 1.54) is 23.9 Å². The lowest BCUT2D eigenvalue weighted by molar-refractivity contribution is -0.120. The summed E-state index contributed by atoms with van der Waals surface area (Å²) in [4.78, 5) is 18.9. The largest absolute Gasteiger partial charge is 0.474 e. The Kier molecular flexibility index (Phi) is 5.62. The van der Waals surface area contributed by atoms with E-state index in [1.54, 1.807) is 20.1 Å². The maximum Gasteiger partial charge on any atom is 0.279 e. The van der Waals surface area contributed by atoms with E-state index in [0.717, 1.165) is 6.07 Å². The summed E-state index contributed by atoms with van der Waals surface area (Å²) in [5.74, 6) is -1.31. The molecule has 1 aromatic rings. The zero-order valence-electron chi connectivity index (χ0n) is 13.3. The molecular formula is C16H15ClFN3O2S. The summed E-state index contributed by atoms with van der Waals surface area (Å²) in [5.41, 5.74) is 0.631. The molecule has 1 aliphatic rings. The van der Waals surface area contributed by atoms with Crippen molar-refractivity contribution in [3.8, 4) is 6.07 Å². The molecule has 0 N–H and O–H groups in total. The summed E-state index contributed by atoms with van der Waals surface area (Å²) < 4.78 is 18.9. The standard InChI is InChI=1S/C16H15ClFN3O2S/c1-9(2)16(17)13(22)20-15(24-3)21-14(16)23-8-10-4-5-12(18)6-11(10)7-19/h4-6,9H,8H2,1-3H3. The van der Waals surface area contributed by atoms with Crippen LogP contribution in [0.25, 0.3) is 0 Å². The van der Waals surface area contributed by atoms with Crippen LogP contribution in [0.1, 0.15) is 25.0 Å². The Bertz CT molecular complexity index is 773. The van der Waals surface area contributed by atoms with Gasteiger partial charge in [0.15, 0.2) is 5.17 Å². The second kappa shape index (κ2) is 7.32. The smallest absolute Gasteiger partial charge is 0.279 e. The number of alkyl halides is 1. The molecule has 0 bridgehead atoms. The van der Waals surface area contributed by atoms with Crippen molar-refractivity contribution in [2.24, 2.45) is 15.9 Å². The Balaban J connectivity index is 2.32. The van der Waals surface area contributed by atoms with E-state index in [2.05, 4.69) is 9.98 Å². The first-order chi connectivity index (χ1) is 11.3. The lowest BCUT2D eigenvalue weighted by Gasteiger charge is -2.31. The summed E-state index contributed by atoms with van der Waals surface area (Å²) in [5, 5.41) is 9.34. The molecule has 0 aliphatic carbocycles. The van der Waals surface area contributed by atoms with Crippen molar-refractivity contribution in [2.45, 2.75) is 25.3 Å². The molecule has 2 rings (SSSR count). The molecule has 0 saturated heterocycles. The third kappa shape index (κ3) is 3.45. The van der Waals surface area contributed by atoms with E-state index in [1.807, 2.05) is 6.07 Å². The van der Waals surface area contributed by atoms with E-state index in [9.17, 15) is 9.18 Å². The molecule has 1 amide bonds. The van der Waals surface area contributed by atoms with Crippen molar-refractivity contribution in [3.05, 3.63) is 35.1 Å². The molecule has 0 aromatic heterocycles. The number of aliphatic imine (C=N–C) groups is 2. The van der Waals surface area contributed by atoms with Gasteiger partial charge in [0.25, 0.3) is 5.91 Å². The van der Waals surface area contributed by atoms with Gasteiger partial charge in [-0.2, -0.15) is 15.2 Å². The molecule has 1 aromatic carbocycles. The summed E-state index contributed by atoms with van der Waals surface area (Å²) in [6.45, 7) is 3.47. The molecule has 0 saturated carbocycles. The van der Waals surface area contributed by atoms with Gasteiger partial charge in [-0.3, -0.25) is 4.79 Å². The number of amides is 1. The zero-order chi connectivity index (χ0) is 17.9. The summed E-state index contributed by atoms with van der Waals surface area (Å²) in [6, 6.07) is 5.72. The van der Waals surface area contributed by atoms with Gasteiger partial charge in [0.2, 0.25) is 10.8 Å². The Hall–Kier alpha value is -1.91. The van der Waals surface area contributed by atoms with Crippen molar-refractivity contribution in [1.29, 1.82) is 5.26 Å². The van der Waals surface area contributed by atoms with Crippen LogP contribution in [-0.4, -0.2) is 28.1 Å². The van der Waals surface area contributed by atoms with Crippen molar-refractivity contribution in [2.75, 3.05) is 6.26 Å². The number of nitrogens with zero attached hydrogens (tertiary/aromatic N) is 3. The van der Waals surface area contributed by atoms with Gasteiger partial charge < -0.3 is 4.74 Å². The fourth-order valence-corrected chi connectivity index (χ4v) is 2.59. The van der Waals surface area contributed by atoms with E-state index < -0.39 is 16.6 Å². The van der Waals surface area contributed by atoms with Gasteiger partial charge in [-0.15, -0.1) is 0 Å². The molecule has 1 aliphatic heterocycles. The number of amidine groups is 1. The average Bonchev–Trinajstić information content (AvgIpc) is 2.56. The van der Waals surface area contributed by atoms with E-state index in [-0.39, 0.29) is 29.2 Å². The quantitative estimate of drug-likeness (QED) is 0.766. The molecule has 1 heterocycles. The minimum atomic E-state index is -1.49. The van der Waals surface area contributed by atoms with E-state index in [4.69, 9.17) is 21.6 Å². The van der Waals surface area contributed by atoms with Crippen LogP contribution >= 0.6 is 23.4 Å². The van der Waals surface area contributed by atoms with Gasteiger partial charge in [0.1, 0.15) is 12.4 Å². The van der Waals surface area contributed by atoms with Gasteiger partial charge in [-0.1, -0.05) is 43.3 Å². The maximum atomic E-state index is 13.2. The minimum Gasteiger partial charge on any atom is -0.474 e. The highest BCUT2D eigenvalue weighted by molar-refractivity contribution is 8.13. The fraction of sp³-hybridized carbons (Fsp3) is 0.375. The third-order valence-electron chi connectivity index (χ3n) is 3.55. The molecule has 8 heteroatoms. The Morgan fingerprint density at radius 1 is 1.46 bits per heavy atom. The van der Waals surface area contributed by atoms with Crippen molar-refractivity contribution >= 4 is 40.3 Å². The highest BCUT2D eigenvalue weighted by Crippen LogP contribution is 2.33. The first-order valence-electron chi connectivity index (χ1n) is 7.09. The summed E-state index contributed by atoms with van der Waals surface area (Å²) >= 11 is 7.67. The van der Waals surface area contributed by atoms with Crippen LogP contribution in [0.15, 0.2) is 28.2 Å². The van der Waals surface area contributed by atoms with Crippen LogP contribution in [0, 0.1) is 23.1 Å². The molecule has 0 radical (unpaired) electrons. The molecule has 0 fully saturated rings. The molecule has 1 unspecified atom stereocenters. The Morgan fingerprint density at radius 3 is 2.75 bits per heavy atom. The SMILES string of the molecule is CSC1=NC(=O)C(Cl)(C(C)C)C(OCc2ccc(F)cc2C#N)=N1. The molecular weight excluding hydrogens is 353 g/mol. The van der Waals surface area contributed by atoms with Crippen molar-refractivity contribution in [3.63, 3.8) is 0 Å². The van der Waals surface area contributed by atoms with Crippen LogP contribution in [0.4, 0.5) is 4.39 Å². The van der Waals surface area contributed by atoms with E-state index >= 15 is 0 Å². The minimum absolute atomic E-state index is 0.0386. The number of halogens is 2. The fourth-order valence-electron chi connectivity index (χ4n) is 2.10. The molecule has 24 heavy (non-hydrogen) atoms. The lowest BCUT2D eigenvalue weighted by atomic mass is 9.93. The topological polar surface area (TPSA) is 74.8 Å². The monoisotopic (exact) mass is 367 g/mol. The predicted molar refractivity (Wildman–Crippen MR) is 92.7 cm³/mol. The zero-order valence-corrected chi connectivity index (χ0v) is 14.9. The van der Waals surface area contributed by atoms with Crippen LogP contribution in [0.2, 0.25) is 0 Å². The number of benzene rings is 1. The normalized spacial score (nSPS) is 20.5. The predicted octanol–water partition coefficient (Wildman–Crippen LogP) is 3.51. The number of ether oxygens (including phenoxy) is 1. The van der Waals surface area contributed by atoms with Crippen LogP contribution in [-0.2, 0) is 16.1 Å². The molecule has 0 spiro atoms. The highest BCUT2D eigenvalue weighted by atomic mass is 35.5. The van der Waals surface area contributed by atoms with Crippen molar-refractivity contribution in [1.82, 2.24) is 0 Å². The van der Waals surface area contributed by atoms with Gasteiger partial charge in [0.05, 0.1) is 11.6 Å². The Labute approximate surface area is 148 Å². The van der Waals surface area contributed by atoms with Gasteiger partial charge in [-0.05, 0) is 24.3 Å². The van der Waals surface area contributed by atoms with Gasteiger partial charge >= 0.3 is 0 Å². The summed E-state index contributed by atoms with van der Waals surface area (Å²) in [7, 11) is 0. The first-order valence-corrected chi connectivity index (χ1v) is 8.69. The maximum absolute atomic E-state index is 13.2. The van der Waals surface area contributed by atoms with Crippen molar-refractivity contribution < 1.29 is 13.9 Å². The van der Waals surface area contributed by atoms with E-state index in [0.29, 0.717) is 5.56 Å². The number of hydrogen-bond donors (Lipinski definition) is 0. The number of carbonyl (C=O) groups is 1. The first kappa shape index (κ1) is 18.4. The van der Waals surface area contributed by atoms with Gasteiger partial charge in [-0.25, -0.2) is 4.39 Å². The second-order valence-corrected chi connectivity index (χ2v) is 6.76. The number of thioether (sulfide) groups is 1. The number of rotatable bonds is 3. The molecule has 5 nitrogen and oxygen atoms in total. The third-order valence-corrected chi connectivity index (χ3v) is 4.86.